The minimum Gasteiger partial charge on any atom is -0.493 e. The number of nitrogens with zero attached hydrogens (tertiary/aromatic N) is 1. The van der Waals surface area contributed by atoms with E-state index >= 15 is 0 Å². The Labute approximate surface area is 131 Å². The highest BCUT2D eigenvalue weighted by atomic mass is 16.5. The van der Waals surface area contributed by atoms with Crippen molar-refractivity contribution in [2.45, 2.75) is 32.7 Å². The Hall–Kier alpha value is -1.75. The second-order valence-electron chi connectivity index (χ2n) is 5.75. The van der Waals surface area contributed by atoms with Crippen molar-refractivity contribution in [1.82, 2.24) is 4.90 Å². The molecule has 0 bridgehead atoms. The number of aliphatic carboxylic acids is 1. The molecular formula is C17H25NO4. The first kappa shape index (κ1) is 16.6. The number of hydrogen-bond donors (Lipinski definition) is 1. The van der Waals surface area contributed by atoms with Crippen LogP contribution >= 0.6 is 0 Å². The van der Waals surface area contributed by atoms with Gasteiger partial charge in [-0.2, -0.15) is 0 Å². The summed E-state index contributed by atoms with van der Waals surface area (Å²) in [7, 11) is 1.64. The van der Waals surface area contributed by atoms with Gasteiger partial charge in [-0.3, -0.25) is 9.69 Å². The molecule has 1 aliphatic rings. The van der Waals surface area contributed by atoms with E-state index in [2.05, 4.69) is 11.8 Å². The summed E-state index contributed by atoms with van der Waals surface area (Å²) in [6, 6.07) is 5.94. The van der Waals surface area contributed by atoms with Crippen LogP contribution in [0.15, 0.2) is 18.2 Å². The van der Waals surface area contributed by atoms with Gasteiger partial charge in [-0.15, -0.1) is 0 Å². The van der Waals surface area contributed by atoms with Crippen LogP contribution in [0.2, 0.25) is 0 Å². The topological polar surface area (TPSA) is 59.0 Å². The predicted molar refractivity (Wildman–Crippen MR) is 84.4 cm³/mol. The van der Waals surface area contributed by atoms with Crippen molar-refractivity contribution in [3.8, 4) is 11.5 Å². The van der Waals surface area contributed by atoms with Crippen LogP contribution in [0, 0.1) is 5.92 Å². The molecular weight excluding hydrogens is 282 g/mol. The molecule has 1 heterocycles. The molecule has 0 saturated carbocycles. The molecule has 0 spiro atoms. The number of piperidine rings is 1. The van der Waals surface area contributed by atoms with E-state index in [0.717, 1.165) is 49.4 Å². The van der Waals surface area contributed by atoms with E-state index in [9.17, 15) is 4.79 Å². The molecule has 1 N–H and O–H groups in total. The zero-order valence-electron chi connectivity index (χ0n) is 13.4. The van der Waals surface area contributed by atoms with Crippen LogP contribution in [0.3, 0.4) is 0 Å². The van der Waals surface area contributed by atoms with Gasteiger partial charge < -0.3 is 14.6 Å². The third-order valence-electron chi connectivity index (χ3n) is 3.95. The van der Waals surface area contributed by atoms with Gasteiger partial charge in [0.2, 0.25) is 0 Å². The number of hydrogen-bond acceptors (Lipinski definition) is 4. The second-order valence-corrected chi connectivity index (χ2v) is 5.75. The SMILES string of the molecule is CCCOc1ccc(CN2CCCC(C(=O)O)C2)cc1OC. The fourth-order valence-electron chi connectivity index (χ4n) is 2.80. The van der Waals surface area contributed by atoms with E-state index in [1.807, 2.05) is 18.2 Å². The first-order valence-corrected chi connectivity index (χ1v) is 7.89. The largest absolute Gasteiger partial charge is 0.493 e. The summed E-state index contributed by atoms with van der Waals surface area (Å²) in [6.07, 6.45) is 2.67. The number of methoxy groups -OCH3 is 1. The number of carboxylic acids is 1. The molecule has 0 amide bonds. The molecule has 1 atom stereocenters. The second kappa shape index (κ2) is 8.03. The number of rotatable bonds is 7. The summed E-state index contributed by atoms with van der Waals surface area (Å²) in [5.74, 6) is 0.557. The van der Waals surface area contributed by atoms with Gasteiger partial charge in [-0.05, 0) is 43.5 Å². The van der Waals surface area contributed by atoms with E-state index < -0.39 is 5.97 Å². The van der Waals surface area contributed by atoms with E-state index in [1.54, 1.807) is 7.11 Å². The van der Waals surface area contributed by atoms with Crippen molar-refractivity contribution in [3.63, 3.8) is 0 Å². The van der Waals surface area contributed by atoms with Gasteiger partial charge in [0, 0.05) is 13.1 Å². The van der Waals surface area contributed by atoms with E-state index in [-0.39, 0.29) is 5.92 Å². The molecule has 0 aromatic heterocycles. The Bertz CT molecular complexity index is 503. The average Bonchev–Trinajstić information content (AvgIpc) is 2.53. The van der Waals surface area contributed by atoms with Gasteiger partial charge in [0.25, 0.3) is 0 Å². The highest BCUT2D eigenvalue weighted by Gasteiger charge is 2.25. The molecule has 2 rings (SSSR count). The van der Waals surface area contributed by atoms with Crippen LogP contribution < -0.4 is 9.47 Å². The van der Waals surface area contributed by atoms with Crippen LogP contribution in [-0.2, 0) is 11.3 Å². The fourth-order valence-corrected chi connectivity index (χ4v) is 2.80. The molecule has 1 saturated heterocycles. The first-order valence-electron chi connectivity index (χ1n) is 7.89. The third-order valence-corrected chi connectivity index (χ3v) is 3.95. The highest BCUT2D eigenvalue weighted by Crippen LogP contribution is 2.29. The minimum absolute atomic E-state index is 0.247. The Morgan fingerprint density at radius 1 is 1.41 bits per heavy atom. The van der Waals surface area contributed by atoms with Crippen molar-refractivity contribution < 1.29 is 19.4 Å². The van der Waals surface area contributed by atoms with Crippen LogP contribution in [0.1, 0.15) is 31.7 Å². The summed E-state index contributed by atoms with van der Waals surface area (Å²) in [6.45, 7) is 5.04. The maximum Gasteiger partial charge on any atom is 0.307 e. The van der Waals surface area contributed by atoms with Gasteiger partial charge in [-0.1, -0.05) is 13.0 Å². The molecule has 1 aromatic carbocycles. The fraction of sp³-hybridized carbons (Fsp3) is 0.588. The van der Waals surface area contributed by atoms with Gasteiger partial charge in [0.15, 0.2) is 11.5 Å². The lowest BCUT2D eigenvalue weighted by Gasteiger charge is -2.30. The molecule has 0 aliphatic carbocycles. The van der Waals surface area contributed by atoms with Crippen LogP contribution in [0.4, 0.5) is 0 Å². The zero-order valence-corrected chi connectivity index (χ0v) is 13.4. The Morgan fingerprint density at radius 3 is 2.91 bits per heavy atom. The summed E-state index contributed by atoms with van der Waals surface area (Å²) in [5, 5.41) is 9.16. The highest BCUT2D eigenvalue weighted by molar-refractivity contribution is 5.70. The Balaban J connectivity index is 2.01. The third kappa shape index (κ3) is 4.37. The molecule has 1 aliphatic heterocycles. The van der Waals surface area contributed by atoms with Gasteiger partial charge in [0.1, 0.15) is 0 Å². The van der Waals surface area contributed by atoms with Crippen molar-refractivity contribution in [3.05, 3.63) is 23.8 Å². The van der Waals surface area contributed by atoms with Crippen molar-refractivity contribution >= 4 is 5.97 Å². The van der Waals surface area contributed by atoms with Gasteiger partial charge in [-0.25, -0.2) is 0 Å². The molecule has 5 nitrogen and oxygen atoms in total. The van der Waals surface area contributed by atoms with Crippen LogP contribution in [0.25, 0.3) is 0 Å². The molecule has 122 valence electrons. The maximum atomic E-state index is 11.1. The minimum atomic E-state index is -0.689. The summed E-state index contributed by atoms with van der Waals surface area (Å²) in [4.78, 5) is 13.3. The number of likely N-dealkylation sites (tertiary alicyclic amines) is 1. The monoisotopic (exact) mass is 307 g/mol. The van der Waals surface area contributed by atoms with Crippen molar-refractivity contribution in [2.75, 3.05) is 26.8 Å². The first-order chi connectivity index (χ1) is 10.6. The average molecular weight is 307 g/mol. The van der Waals surface area contributed by atoms with Crippen molar-refractivity contribution in [1.29, 1.82) is 0 Å². The lowest BCUT2D eigenvalue weighted by molar-refractivity contribution is -0.143. The lowest BCUT2D eigenvalue weighted by atomic mass is 9.98. The smallest absolute Gasteiger partial charge is 0.307 e. The van der Waals surface area contributed by atoms with Crippen LogP contribution in [0.5, 0.6) is 11.5 Å². The number of benzene rings is 1. The quantitative estimate of drug-likeness (QED) is 0.839. The van der Waals surface area contributed by atoms with Crippen LogP contribution in [-0.4, -0.2) is 42.8 Å². The van der Waals surface area contributed by atoms with E-state index in [0.29, 0.717) is 13.2 Å². The lowest BCUT2D eigenvalue weighted by Crippen LogP contribution is -2.38. The molecule has 5 heteroatoms. The predicted octanol–water partition coefficient (Wildman–Crippen LogP) is 2.78. The van der Waals surface area contributed by atoms with Gasteiger partial charge >= 0.3 is 5.97 Å². The van der Waals surface area contributed by atoms with Crippen molar-refractivity contribution in [2.24, 2.45) is 5.92 Å². The summed E-state index contributed by atoms with van der Waals surface area (Å²) < 4.78 is 11.0. The number of carboxylic acid groups (broad SMARTS) is 1. The normalized spacial score (nSPS) is 18.9. The summed E-state index contributed by atoms with van der Waals surface area (Å²) >= 11 is 0. The Morgan fingerprint density at radius 2 is 2.23 bits per heavy atom. The molecule has 0 radical (unpaired) electrons. The molecule has 1 unspecified atom stereocenters. The maximum absolute atomic E-state index is 11.1. The summed E-state index contributed by atoms with van der Waals surface area (Å²) in [5.41, 5.74) is 1.12. The molecule has 1 aromatic rings. The zero-order chi connectivity index (χ0) is 15.9. The Kier molecular flexibility index (Phi) is 6.07. The number of carbonyl (C=O) groups is 1. The molecule has 22 heavy (non-hydrogen) atoms. The standard InChI is InChI=1S/C17H25NO4/c1-3-9-22-15-7-6-13(10-16(15)21-2)11-18-8-4-5-14(12-18)17(19)20/h6-7,10,14H,3-5,8-9,11-12H2,1-2H3,(H,19,20). The van der Waals surface area contributed by atoms with Gasteiger partial charge in [0.05, 0.1) is 19.6 Å². The van der Waals surface area contributed by atoms with E-state index in [4.69, 9.17) is 14.6 Å². The molecule has 1 fully saturated rings. The van der Waals surface area contributed by atoms with E-state index in [1.165, 1.54) is 0 Å². The number of ether oxygens (including phenoxy) is 2.